The Balaban J connectivity index is 1.32. The van der Waals surface area contributed by atoms with E-state index in [-0.39, 0.29) is 31.2 Å². The van der Waals surface area contributed by atoms with Gasteiger partial charge in [-0.25, -0.2) is 4.39 Å². The Bertz CT molecular complexity index is 1450. The molecule has 2 atom stereocenters. The molecule has 0 aromatic heterocycles. The van der Waals surface area contributed by atoms with Crippen LogP contribution in [-0.2, 0) is 20.5 Å². The number of hydrogen-bond donors (Lipinski definition) is 1. The van der Waals surface area contributed by atoms with Crippen LogP contribution in [0.3, 0.4) is 0 Å². The lowest BCUT2D eigenvalue weighted by Crippen LogP contribution is -2.52. The first-order chi connectivity index (χ1) is 23.1. The topological polar surface area (TPSA) is 82.6 Å². The molecule has 5 rings (SSSR count). The predicted octanol–water partition coefficient (Wildman–Crippen LogP) is 6.73. The van der Waals surface area contributed by atoms with Gasteiger partial charge in [0.2, 0.25) is 5.67 Å². The fourth-order valence-corrected chi connectivity index (χ4v) is 7.69. The third-order valence-electron chi connectivity index (χ3n) is 10.9. The highest BCUT2D eigenvalue weighted by Gasteiger charge is 2.55. The summed E-state index contributed by atoms with van der Waals surface area (Å²) in [6, 6.07) is 11.0. The summed E-state index contributed by atoms with van der Waals surface area (Å²) >= 11 is 0. The molecule has 270 valence electrons. The van der Waals surface area contributed by atoms with Crippen LogP contribution in [-0.4, -0.2) is 98.1 Å². The molecule has 2 aromatic carbocycles. The first-order valence-electron chi connectivity index (χ1n) is 17.2. The molecule has 3 fully saturated rings. The molecule has 0 bridgehead atoms. The Morgan fingerprint density at radius 1 is 0.959 bits per heavy atom. The van der Waals surface area contributed by atoms with Gasteiger partial charge in [0.1, 0.15) is 5.75 Å². The van der Waals surface area contributed by atoms with E-state index in [9.17, 15) is 27.9 Å². The number of halogens is 4. The number of likely N-dealkylation sites (tertiary alicyclic amines) is 2. The van der Waals surface area contributed by atoms with Crippen molar-refractivity contribution >= 4 is 17.6 Å². The number of carbonyl (C=O) groups excluding carboxylic acids is 1. The second kappa shape index (κ2) is 14.8. The van der Waals surface area contributed by atoms with E-state index in [0.717, 1.165) is 30.0 Å². The molecule has 1 N–H and O–H groups in total. The van der Waals surface area contributed by atoms with Crippen LogP contribution in [0.15, 0.2) is 42.5 Å². The van der Waals surface area contributed by atoms with Gasteiger partial charge in [-0.15, -0.1) is 0 Å². The van der Waals surface area contributed by atoms with Crippen molar-refractivity contribution in [2.45, 2.75) is 81.7 Å². The number of rotatable bonds is 11. The van der Waals surface area contributed by atoms with Crippen molar-refractivity contribution in [1.29, 1.82) is 0 Å². The third kappa shape index (κ3) is 8.33. The summed E-state index contributed by atoms with van der Waals surface area (Å²) in [7, 11) is 3.24. The molecule has 3 aliphatic rings. The monoisotopic (exact) mass is 691 g/mol. The van der Waals surface area contributed by atoms with Gasteiger partial charge in [0.25, 0.3) is 5.91 Å². The summed E-state index contributed by atoms with van der Waals surface area (Å²) in [5.41, 5.74) is -1.25. The maximum Gasteiger partial charge on any atom is 0.416 e. The zero-order chi connectivity index (χ0) is 35.6. The van der Waals surface area contributed by atoms with Crippen molar-refractivity contribution in [1.82, 2.24) is 9.80 Å². The molecule has 12 heteroatoms. The van der Waals surface area contributed by atoms with Gasteiger partial charge in [-0.3, -0.25) is 14.5 Å². The maximum absolute atomic E-state index is 17.3. The minimum absolute atomic E-state index is 0.0226. The molecule has 49 heavy (non-hydrogen) atoms. The number of hydrogen-bond acceptors (Lipinski definition) is 6. The van der Waals surface area contributed by atoms with Crippen LogP contribution in [0.5, 0.6) is 5.75 Å². The van der Waals surface area contributed by atoms with E-state index in [1.807, 2.05) is 35.8 Å². The Hall–Kier alpha value is -3.38. The molecular weight excluding hydrogens is 642 g/mol. The number of carboxylic acids is 1. The lowest BCUT2D eigenvalue weighted by molar-refractivity contribution is -0.145. The summed E-state index contributed by atoms with van der Waals surface area (Å²) < 4.78 is 69.5. The van der Waals surface area contributed by atoms with Crippen molar-refractivity contribution in [3.63, 3.8) is 0 Å². The number of methoxy groups -OCH3 is 2. The molecule has 0 saturated carbocycles. The first kappa shape index (κ1) is 36.9. The van der Waals surface area contributed by atoms with Gasteiger partial charge in [-0.2, -0.15) is 13.2 Å². The van der Waals surface area contributed by atoms with Crippen LogP contribution in [0, 0.1) is 5.92 Å². The number of piperidine rings is 2. The van der Waals surface area contributed by atoms with Crippen molar-refractivity contribution < 1.29 is 41.7 Å². The molecule has 3 aliphatic heterocycles. The standard InChI is InChI=1S/C37H49F4N3O5/c1-35(2,49-4)16-5-17-42-23-31(26-6-9-29(48-3)10-7-26)36(38,24-42)34(47)44-20-12-25(13-21-44)30-11-8-28(37(39,40)41)22-32(30)43-18-14-27(15-19-43)33(45)46/h6-11,22,25,27,31H,5,12-21,23-24H2,1-4H3,(H,45,46)/t31-,36-/m0/s1. The van der Waals surface area contributed by atoms with Gasteiger partial charge in [-0.05, 0) is 100 Å². The molecular formula is C37H49F4N3O5. The number of alkyl halides is 4. The fourth-order valence-electron chi connectivity index (χ4n) is 7.69. The lowest BCUT2D eigenvalue weighted by atomic mass is 9.83. The minimum Gasteiger partial charge on any atom is -0.497 e. The average Bonchev–Trinajstić information content (AvgIpc) is 3.44. The fraction of sp³-hybridized carbons (Fsp3) is 0.622. The van der Waals surface area contributed by atoms with Gasteiger partial charge >= 0.3 is 12.1 Å². The summed E-state index contributed by atoms with van der Waals surface area (Å²) in [6.07, 6.45) is -1.27. The summed E-state index contributed by atoms with van der Waals surface area (Å²) in [6.45, 7) is 6.29. The SMILES string of the molecule is COc1ccc([C@@H]2CN(CCCC(C)(C)OC)C[C@@]2(F)C(=O)N2CCC(c3ccc(C(F)(F)F)cc3N3CCC(C(=O)O)CC3)CC2)cc1. The highest BCUT2D eigenvalue weighted by Crippen LogP contribution is 2.44. The van der Waals surface area contributed by atoms with Crippen molar-refractivity contribution in [2.24, 2.45) is 5.92 Å². The van der Waals surface area contributed by atoms with Crippen LogP contribution in [0.4, 0.5) is 23.2 Å². The van der Waals surface area contributed by atoms with Gasteiger partial charge in [0, 0.05) is 58.0 Å². The number of aliphatic carboxylic acids is 1. The Morgan fingerprint density at radius 3 is 2.18 bits per heavy atom. The van der Waals surface area contributed by atoms with E-state index in [1.54, 1.807) is 31.3 Å². The van der Waals surface area contributed by atoms with Gasteiger partial charge in [0.05, 0.1) is 24.2 Å². The van der Waals surface area contributed by atoms with E-state index in [1.165, 1.54) is 12.1 Å². The van der Waals surface area contributed by atoms with E-state index in [2.05, 4.69) is 0 Å². The van der Waals surface area contributed by atoms with E-state index < -0.39 is 41.1 Å². The summed E-state index contributed by atoms with van der Waals surface area (Å²) in [4.78, 5) is 31.1. The van der Waals surface area contributed by atoms with Crippen LogP contribution in [0.1, 0.15) is 80.9 Å². The first-order valence-corrected chi connectivity index (χ1v) is 17.2. The van der Waals surface area contributed by atoms with E-state index in [4.69, 9.17) is 9.47 Å². The van der Waals surface area contributed by atoms with Crippen LogP contribution >= 0.6 is 0 Å². The van der Waals surface area contributed by atoms with Crippen LogP contribution in [0.2, 0.25) is 0 Å². The average molecular weight is 692 g/mol. The summed E-state index contributed by atoms with van der Waals surface area (Å²) in [5, 5.41) is 9.43. The quantitative estimate of drug-likeness (QED) is 0.262. The maximum atomic E-state index is 17.3. The number of carbonyl (C=O) groups is 2. The zero-order valence-corrected chi connectivity index (χ0v) is 28.9. The Labute approximate surface area is 286 Å². The highest BCUT2D eigenvalue weighted by atomic mass is 19.4. The molecule has 2 aromatic rings. The predicted molar refractivity (Wildman–Crippen MR) is 179 cm³/mol. The molecule has 0 unspecified atom stereocenters. The third-order valence-corrected chi connectivity index (χ3v) is 10.9. The molecule has 1 amide bonds. The van der Waals surface area contributed by atoms with Crippen LogP contribution < -0.4 is 9.64 Å². The van der Waals surface area contributed by atoms with E-state index >= 15 is 4.39 Å². The smallest absolute Gasteiger partial charge is 0.416 e. The number of ether oxygens (including phenoxy) is 2. The van der Waals surface area contributed by atoms with E-state index in [0.29, 0.717) is 63.3 Å². The summed E-state index contributed by atoms with van der Waals surface area (Å²) in [5.74, 6) is -2.11. The van der Waals surface area contributed by atoms with Crippen LogP contribution in [0.25, 0.3) is 0 Å². The van der Waals surface area contributed by atoms with Crippen molar-refractivity contribution in [2.75, 3.05) is 64.9 Å². The number of anilines is 1. The highest BCUT2D eigenvalue weighted by molar-refractivity contribution is 5.87. The number of amides is 1. The van der Waals surface area contributed by atoms with Gasteiger partial charge in [0.15, 0.2) is 0 Å². The molecule has 0 spiro atoms. The number of nitrogens with zero attached hydrogens (tertiary/aromatic N) is 3. The molecule has 0 radical (unpaired) electrons. The molecule has 8 nitrogen and oxygen atoms in total. The minimum atomic E-state index is -4.52. The van der Waals surface area contributed by atoms with Gasteiger partial charge in [-0.1, -0.05) is 18.2 Å². The number of benzene rings is 2. The molecule has 0 aliphatic carbocycles. The lowest BCUT2D eigenvalue weighted by Gasteiger charge is -2.39. The second-order valence-electron chi connectivity index (χ2n) is 14.4. The molecule has 3 saturated heterocycles. The second-order valence-corrected chi connectivity index (χ2v) is 14.4. The van der Waals surface area contributed by atoms with Crippen molar-refractivity contribution in [3.05, 3.63) is 59.2 Å². The normalized spacial score (nSPS) is 23.2. The van der Waals surface area contributed by atoms with Gasteiger partial charge < -0.3 is 24.4 Å². The zero-order valence-electron chi connectivity index (χ0n) is 28.9. The Kier molecular flexibility index (Phi) is 11.2. The molecule has 3 heterocycles. The van der Waals surface area contributed by atoms with Crippen molar-refractivity contribution in [3.8, 4) is 5.75 Å². The Morgan fingerprint density at radius 2 is 1.61 bits per heavy atom. The largest absolute Gasteiger partial charge is 0.497 e. The number of carboxylic acid groups (broad SMARTS) is 1.